The number of nitrogens with zero attached hydrogens (tertiary/aromatic N) is 1. The highest BCUT2D eigenvalue weighted by molar-refractivity contribution is 5.88. The summed E-state index contributed by atoms with van der Waals surface area (Å²) in [5.74, 6) is -5.33. The molecule has 6 rings (SSSR count). The molecule has 0 unspecified atom stereocenters. The van der Waals surface area contributed by atoms with Crippen LogP contribution in [0.4, 0.5) is 8.78 Å². The molecule has 13 heteroatoms. The van der Waals surface area contributed by atoms with E-state index in [0.717, 1.165) is 12.1 Å². The number of hydrogen-bond acceptors (Lipinski definition) is 7. The summed E-state index contributed by atoms with van der Waals surface area (Å²) >= 11 is 0. The van der Waals surface area contributed by atoms with Gasteiger partial charge in [0.1, 0.15) is 6.10 Å². The third kappa shape index (κ3) is 10.4. The number of fused-ring (bicyclic) bond motifs is 1. The second kappa shape index (κ2) is 18.0. The maximum Gasteiger partial charge on any atom is 0.335 e. The van der Waals surface area contributed by atoms with Crippen molar-refractivity contribution in [2.75, 3.05) is 6.61 Å². The molecule has 4 aromatic carbocycles. The molecule has 49 heavy (non-hydrogen) atoms. The quantitative estimate of drug-likeness (QED) is 0.152. The van der Waals surface area contributed by atoms with Gasteiger partial charge in [0.15, 0.2) is 11.6 Å². The molecule has 1 aliphatic rings. The number of rotatable bonds is 5. The summed E-state index contributed by atoms with van der Waals surface area (Å²) in [5, 5.41) is 54.5. The Morgan fingerprint density at radius 1 is 0.653 bits per heavy atom. The van der Waals surface area contributed by atoms with E-state index in [1.54, 1.807) is 91.0 Å². The van der Waals surface area contributed by atoms with Gasteiger partial charge in [-0.25, -0.2) is 23.2 Å². The van der Waals surface area contributed by atoms with Crippen LogP contribution < -0.4 is 5.56 Å². The smallest absolute Gasteiger partial charge is 0.335 e. The molecule has 1 aromatic heterocycles. The van der Waals surface area contributed by atoms with Gasteiger partial charge in [0.05, 0.1) is 34.2 Å². The van der Waals surface area contributed by atoms with Gasteiger partial charge in [-0.1, -0.05) is 54.6 Å². The average molecular weight is 678 g/mol. The molecule has 11 nitrogen and oxygen atoms in total. The lowest BCUT2D eigenvalue weighted by Gasteiger charge is -2.19. The Balaban J connectivity index is 0.000000199. The lowest BCUT2D eigenvalue weighted by Crippen LogP contribution is -2.34. The molecular weight excluding hydrogens is 644 g/mol. The van der Waals surface area contributed by atoms with Crippen molar-refractivity contribution in [3.63, 3.8) is 0 Å². The summed E-state index contributed by atoms with van der Waals surface area (Å²) < 4.78 is 27.8. The molecule has 1 aliphatic carbocycles. The van der Waals surface area contributed by atoms with Crippen LogP contribution in [0.15, 0.2) is 120 Å². The number of carboxylic acid groups (broad SMARTS) is 3. The number of hydrogen-bond donors (Lipinski definition) is 6. The SMILES string of the molecule is O=C(O)c1ccccc1.O=C(O)c1ccccc1.O=C(O)c1ccccc1.O=c1c2cc(F)c(F)cc2ccn1[C@@H]1C[C@H](CO)[C@@H](O)[C@H]1O. The molecule has 1 saturated carbocycles. The van der Waals surface area contributed by atoms with Crippen LogP contribution in [0.25, 0.3) is 10.8 Å². The van der Waals surface area contributed by atoms with Crippen molar-refractivity contribution in [1.82, 2.24) is 4.57 Å². The van der Waals surface area contributed by atoms with Crippen LogP contribution >= 0.6 is 0 Å². The van der Waals surface area contributed by atoms with Crippen LogP contribution in [0.5, 0.6) is 0 Å². The Kier molecular flexibility index (Phi) is 13.8. The summed E-state index contributed by atoms with van der Waals surface area (Å²) in [5.41, 5.74) is 0.415. The van der Waals surface area contributed by atoms with Gasteiger partial charge in [0.2, 0.25) is 0 Å². The molecule has 0 aliphatic heterocycles. The van der Waals surface area contributed by atoms with Crippen LogP contribution in [-0.4, -0.2) is 71.9 Å². The molecule has 0 amide bonds. The number of aromatic nitrogens is 1. The van der Waals surface area contributed by atoms with E-state index < -0.39 is 59.3 Å². The van der Waals surface area contributed by atoms with Gasteiger partial charge in [0.25, 0.3) is 5.56 Å². The zero-order chi connectivity index (χ0) is 36.1. The Bertz CT molecular complexity index is 1790. The first-order valence-corrected chi connectivity index (χ1v) is 14.7. The highest BCUT2D eigenvalue weighted by atomic mass is 19.2. The Morgan fingerprint density at radius 3 is 1.41 bits per heavy atom. The van der Waals surface area contributed by atoms with Crippen molar-refractivity contribution >= 4 is 28.7 Å². The van der Waals surface area contributed by atoms with Gasteiger partial charge in [-0.05, 0) is 66.4 Å². The molecule has 0 radical (unpaired) electrons. The minimum atomic E-state index is -1.21. The largest absolute Gasteiger partial charge is 0.478 e. The van der Waals surface area contributed by atoms with E-state index in [1.807, 2.05) is 0 Å². The Hall–Kier alpha value is -5.76. The zero-order valence-corrected chi connectivity index (χ0v) is 25.7. The summed E-state index contributed by atoms with van der Waals surface area (Å²) in [6.45, 7) is -0.309. The number of halogens is 2. The second-order valence-electron chi connectivity index (χ2n) is 10.6. The van der Waals surface area contributed by atoms with Crippen molar-refractivity contribution < 1.29 is 53.8 Å². The second-order valence-corrected chi connectivity index (χ2v) is 10.6. The van der Waals surface area contributed by atoms with E-state index in [2.05, 4.69) is 0 Å². The number of aromatic carboxylic acids is 3. The lowest BCUT2D eigenvalue weighted by atomic mass is 10.1. The molecule has 256 valence electrons. The fourth-order valence-corrected chi connectivity index (χ4v) is 4.81. The van der Waals surface area contributed by atoms with Crippen molar-refractivity contribution in [3.05, 3.63) is 154 Å². The summed E-state index contributed by atoms with van der Waals surface area (Å²) in [4.78, 5) is 43.0. The fraction of sp³-hybridized carbons (Fsp3) is 0.167. The molecule has 0 bridgehead atoms. The van der Waals surface area contributed by atoms with E-state index >= 15 is 0 Å². The maximum absolute atomic E-state index is 13.3. The van der Waals surface area contributed by atoms with E-state index in [-0.39, 0.29) is 23.8 Å². The molecule has 1 heterocycles. The number of benzene rings is 4. The van der Waals surface area contributed by atoms with Crippen LogP contribution in [-0.2, 0) is 0 Å². The predicted octanol–water partition coefficient (Wildman–Crippen LogP) is 4.71. The molecule has 0 spiro atoms. The van der Waals surface area contributed by atoms with E-state index in [4.69, 9.17) is 15.3 Å². The van der Waals surface area contributed by atoms with E-state index in [0.29, 0.717) is 16.7 Å². The first-order valence-electron chi connectivity index (χ1n) is 14.7. The fourth-order valence-electron chi connectivity index (χ4n) is 4.81. The standard InChI is InChI=1S/C15H15F2NO4.3C7H6O2/c16-10-3-7-1-2-18(15(22)9(7)5-11(10)17)12-4-8(6-19)13(20)14(12)21;3*8-7(9)6-4-2-1-3-5-6/h1-3,5,8,12-14,19-21H,4,6H2;3*1-5H,(H,8,9)/t8-,12-,13-,14+;;;/m1.../s1. The summed E-state index contributed by atoms with van der Waals surface area (Å²) in [7, 11) is 0. The number of pyridine rings is 1. The molecule has 1 fully saturated rings. The van der Waals surface area contributed by atoms with Crippen LogP contribution in [0.1, 0.15) is 43.5 Å². The van der Waals surface area contributed by atoms with Crippen LogP contribution in [0.2, 0.25) is 0 Å². The number of aliphatic hydroxyl groups excluding tert-OH is 3. The van der Waals surface area contributed by atoms with Crippen molar-refractivity contribution in [1.29, 1.82) is 0 Å². The Morgan fingerprint density at radius 2 is 1.06 bits per heavy atom. The number of aliphatic hydroxyl groups is 3. The van der Waals surface area contributed by atoms with Crippen LogP contribution in [0.3, 0.4) is 0 Å². The van der Waals surface area contributed by atoms with E-state index in [1.165, 1.54) is 16.8 Å². The van der Waals surface area contributed by atoms with Gasteiger partial charge in [-0.2, -0.15) is 0 Å². The van der Waals surface area contributed by atoms with Crippen LogP contribution in [0, 0.1) is 17.6 Å². The summed E-state index contributed by atoms with van der Waals surface area (Å²) in [6.07, 6.45) is -0.754. The van der Waals surface area contributed by atoms with Crippen molar-refractivity contribution in [2.45, 2.75) is 24.7 Å². The van der Waals surface area contributed by atoms with Crippen molar-refractivity contribution in [2.24, 2.45) is 5.92 Å². The first-order chi connectivity index (χ1) is 23.3. The third-order valence-electron chi connectivity index (χ3n) is 7.40. The lowest BCUT2D eigenvalue weighted by molar-refractivity contribution is -0.00436. The molecule has 4 atom stereocenters. The van der Waals surface area contributed by atoms with Gasteiger partial charge in [-0.3, -0.25) is 4.79 Å². The third-order valence-corrected chi connectivity index (χ3v) is 7.40. The van der Waals surface area contributed by atoms with E-state index in [9.17, 15) is 43.3 Å². The minimum Gasteiger partial charge on any atom is -0.478 e. The normalized spacial score (nSPS) is 17.7. The molecule has 6 N–H and O–H groups in total. The zero-order valence-electron chi connectivity index (χ0n) is 25.7. The summed E-state index contributed by atoms with van der Waals surface area (Å²) in [6, 6.07) is 27.4. The topological polar surface area (TPSA) is 195 Å². The highest BCUT2D eigenvalue weighted by Crippen LogP contribution is 2.34. The predicted molar refractivity (Wildman–Crippen MR) is 175 cm³/mol. The number of carboxylic acids is 3. The number of carbonyl (C=O) groups is 3. The minimum absolute atomic E-state index is 0.00413. The molecule has 5 aromatic rings. The average Bonchev–Trinajstić information content (AvgIpc) is 3.40. The Labute approximate surface area is 278 Å². The van der Waals surface area contributed by atoms with Gasteiger partial charge < -0.3 is 35.2 Å². The molecular formula is C36H33F2NO10. The monoisotopic (exact) mass is 677 g/mol. The van der Waals surface area contributed by atoms with Gasteiger partial charge >= 0.3 is 17.9 Å². The molecule has 0 saturated heterocycles. The van der Waals surface area contributed by atoms with Gasteiger partial charge in [-0.15, -0.1) is 0 Å². The maximum atomic E-state index is 13.3. The first kappa shape index (κ1) is 37.7. The highest BCUT2D eigenvalue weighted by Gasteiger charge is 2.42. The van der Waals surface area contributed by atoms with Gasteiger partial charge in [0, 0.05) is 18.7 Å². The van der Waals surface area contributed by atoms with Crippen molar-refractivity contribution in [3.8, 4) is 0 Å².